The van der Waals surface area contributed by atoms with E-state index >= 15 is 0 Å². The molecule has 4 aromatic carbocycles. The van der Waals surface area contributed by atoms with E-state index < -0.39 is 21.3 Å². The van der Waals surface area contributed by atoms with Gasteiger partial charge in [-0.2, -0.15) is 0 Å². The van der Waals surface area contributed by atoms with Crippen LogP contribution in [0.3, 0.4) is 0 Å². The molecule has 0 radical (unpaired) electrons. The van der Waals surface area contributed by atoms with Crippen molar-refractivity contribution < 1.29 is 21.3 Å². The molecule has 0 aromatic heterocycles. The first-order chi connectivity index (χ1) is 16.9. The van der Waals surface area contributed by atoms with E-state index in [0.29, 0.717) is 3.63 Å². The predicted octanol–water partition coefficient (Wildman–Crippen LogP) is 8.72. The summed E-state index contributed by atoms with van der Waals surface area (Å²) in [5.41, 5.74) is 8.91. The average molecular weight is 589 g/mol. The van der Waals surface area contributed by atoms with Crippen molar-refractivity contribution in [3.8, 4) is 11.1 Å². The second kappa shape index (κ2) is 12.3. The number of allylic oxidation sites excluding steroid dienone is 4. The van der Waals surface area contributed by atoms with Crippen LogP contribution < -0.4 is 0 Å². The molecule has 2 aliphatic rings. The minimum absolute atomic E-state index is 0. The quantitative estimate of drug-likeness (QED) is 0.211. The van der Waals surface area contributed by atoms with Crippen molar-refractivity contribution in [3.63, 3.8) is 0 Å². The Morgan fingerprint density at radius 3 is 1.56 bits per heavy atom. The second-order valence-corrected chi connectivity index (χ2v) is 16.0. The molecule has 180 valence electrons. The minimum atomic E-state index is -2.35. The van der Waals surface area contributed by atoms with Gasteiger partial charge in [0.2, 0.25) is 0 Å². The molecule has 0 bridgehead atoms. The van der Waals surface area contributed by atoms with Gasteiger partial charge >= 0.3 is 211 Å². The first-order valence-corrected chi connectivity index (χ1v) is 16.1. The van der Waals surface area contributed by atoms with Gasteiger partial charge in [-0.05, 0) is 0 Å². The predicted molar refractivity (Wildman–Crippen MR) is 155 cm³/mol. The monoisotopic (exact) mass is 586 g/mol. The van der Waals surface area contributed by atoms with Gasteiger partial charge in [-0.3, -0.25) is 0 Å². The van der Waals surface area contributed by atoms with E-state index in [1.54, 1.807) is 17.6 Å². The van der Waals surface area contributed by atoms with Crippen LogP contribution in [0.1, 0.15) is 32.3 Å². The summed E-state index contributed by atoms with van der Waals surface area (Å²) in [5, 5.41) is 0. The Hall–Kier alpha value is -2.31. The summed E-state index contributed by atoms with van der Waals surface area (Å²) in [6.45, 7) is 0. The standard InChI is InChI=1S/C15H14.C13H9.C5H5.2ClH.Zr/c1-3-8-14(9-4-1)12-7-13-15-10-5-2-6-11-15;1-3-7-12-10(5-1)9-11-6-2-4-8-13(11)12;1-2-4-5-3-1;;;/h1-6,8-11H,12-13H2;1-9H;1-3H,4H2;2*1H;. The van der Waals surface area contributed by atoms with Crippen molar-refractivity contribution in [3.05, 3.63) is 153 Å². The normalized spacial score (nSPS) is 13.2. The average Bonchev–Trinajstić information content (AvgIpc) is 3.53. The van der Waals surface area contributed by atoms with Gasteiger partial charge in [0, 0.05) is 0 Å². The van der Waals surface area contributed by atoms with Crippen molar-refractivity contribution in [2.75, 3.05) is 0 Å². The number of fused-ring (bicyclic) bond motifs is 3. The van der Waals surface area contributed by atoms with Gasteiger partial charge < -0.3 is 0 Å². The van der Waals surface area contributed by atoms with Crippen molar-refractivity contribution in [2.24, 2.45) is 0 Å². The minimum Gasteiger partial charge on any atom is -0.147 e. The maximum atomic E-state index is 2.47. The van der Waals surface area contributed by atoms with Crippen LogP contribution in [0.15, 0.2) is 131 Å². The molecule has 0 fully saturated rings. The smallest absolute Gasteiger partial charge is 0.147 e. The molecule has 36 heavy (non-hydrogen) atoms. The maximum absolute atomic E-state index is 2.47. The van der Waals surface area contributed by atoms with Crippen molar-refractivity contribution in [2.45, 2.75) is 22.9 Å². The van der Waals surface area contributed by atoms with Gasteiger partial charge in [0.25, 0.3) is 0 Å². The second-order valence-electron chi connectivity index (χ2n) is 9.27. The molecule has 0 saturated carbocycles. The first kappa shape index (κ1) is 26.7. The molecule has 0 nitrogen and oxygen atoms in total. The molecule has 0 amide bonds. The number of benzene rings is 4. The summed E-state index contributed by atoms with van der Waals surface area (Å²) in [6, 6.07) is 40.6. The number of halogens is 2. The first-order valence-electron chi connectivity index (χ1n) is 12.2. The van der Waals surface area contributed by atoms with Gasteiger partial charge in [0.1, 0.15) is 0 Å². The van der Waals surface area contributed by atoms with Crippen LogP contribution in [0.25, 0.3) is 11.1 Å². The van der Waals surface area contributed by atoms with Gasteiger partial charge in [-0.15, -0.1) is 24.8 Å². The van der Waals surface area contributed by atoms with Crippen LogP contribution >= 0.6 is 24.8 Å². The van der Waals surface area contributed by atoms with Crippen LogP contribution in [0, 0.1) is 0 Å². The van der Waals surface area contributed by atoms with Crippen LogP contribution in [0.4, 0.5) is 0 Å². The van der Waals surface area contributed by atoms with Crippen LogP contribution in [0.2, 0.25) is 0 Å². The molecule has 0 unspecified atom stereocenters. The van der Waals surface area contributed by atoms with E-state index in [9.17, 15) is 0 Å². The van der Waals surface area contributed by atoms with Crippen LogP contribution in [-0.4, -0.2) is 3.21 Å². The zero-order chi connectivity index (χ0) is 22.7. The zero-order valence-corrected chi connectivity index (χ0v) is 24.2. The van der Waals surface area contributed by atoms with E-state index in [1.807, 2.05) is 0 Å². The molecule has 3 heteroatoms. The van der Waals surface area contributed by atoms with E-state index in [-0.39, 0.29) is 24.8 Å². The summed E-state index contributed by atoms with van der Waals surface area (Å²) in [5.74, 6) is 0. The Kier molecular flexibility index (Phi) is 9.13. The van der Waals surface area contributed by atoms with E-state index in [0.717, 1.165) is 19.3 Å². The molecular weight excluding hydrogens is 558 g/mol. The fourth-order valence-electron chi connectivity index (χ4n) is 5.67. The molecular formula is C33H30Cl2Zr. The fourth-order valence-corrected chi connectivity index (χ4v) is 14.9. The zero-order valence-electron chi connectivity index (χ0n) is 20.1. The van der Waals surface area contributed by atoms with E-state index in [1.165, 1.54) is 22.3 Å². The molecule has 2 aliphatic carbocycles. The number of rotatable bonds is 6. The Morgan fingerprint density at radius 1 is 0.611 bits per heavy atom. The van der Waals surface area contributed by atoms with Gasteiger partial charge in [-0.25, -0.2) is 0 Å². The molecule has 0 atom stereocenters. The maximum Gasteiger partial charge on any atom is -0.147 e. The Labute approximate surface area is 234 Å². The van der Waals surface area contributed by atoms with Gasteiger partial charge in [0.15, 0.2) is 0 Å². The SMILES string of the molecule is C1=CC[C]([Zr](=[C](Cc2ccccc2)Cc2ccccc2)[CH]2c3ccccc3-c3ccccc32)=C1.Cl.Cl. The summed E-state index contributed by atoms with van der Waals surface area (Å²) in [4.78, 5) is 0. The summed E-state index contributed by atoms with van der Waals surface area (Å²) >= 11 is -2.35. The molecule has 0 heterocycles. The fraction of sp³-hybridized carbons (Fsp3) is 0.121. The Morgan fingerprint density at radius 2 is 1.08 bits per heavy atom. The molecule has 0 aliphatic heterocycles. The molecule has 4 aromatic rings. The Bertz CT molecular complexity index is 1330. The van der Waals surface area contributed by atoms with Gasteiger partial charge in [0.05, 0.1) is 0 Å². The number of hydrogen-bond donors (Lipinski definition) is 0. The third kappa shape index (κ3) is 5.35. The number of hydrogen-bond acceptors (Lipinski definition) is 0. The summed E-state index contributed by atoms with van der Waals surface area (Å²) in [6.07, 6.45) is 10.4. The van der Waals surface area contributed by atoms with E-state index in [2.05, 4.69) is 127 Å². The summed E-state index contributed by atoms with van der Waals surface area (Å²) < 4.78 is 4.08. The largest absolute Gasteiger partial charge is 0.147 e. The molecule has 0 spiro atoms. The third-order valence-electron chi connectivity index (χ3n) is 7.14. The third-order valence-corrected chi connectivity index (χ3v) is 15.4. The van der Waals surface area contributed by atoms with Crippen LogP contribution in [0.5, 0.6) is 0 Å². The molecule has 0 N–H and O–H groups in total. The summed E-state index contributed by atoms with van der Waals surface area (Å²) in [7, 11) is 0. The van der Waals surface area contributed by atoms with Gasteiger partial charge in [-0.1, -0.05) is 0 Å². The van der Waals surface area contributed by atoms with Crippen molar-refractivity contribution >= 4 is 28.0 Å². The van der Waals surface area contributed by atoms with Crippen molar-refractivity contribution in [1.29, 1.82) is 0 Å². The van der Waals surface area contributed by atoms with Crippen molar-refractivity contribution in [1.82, 2.24) is 0 Å². The topological polar surface area (TPSA) is 0 Å². The Balaban J connectivity index is 0.00000152. The molecule has 6 rings (SSSR count). The van der Waals surface area contributed by atoms with Crippen LogP contribution in [-0.2, 0) is 34.1 Å². The van der Waals surface area contributed by atoms with E-state index in [4.69, 9.17) is 0 Å². The molecule has 0 saturated heterocycles.